The lowest BCUT2D eigenvalue weighted by molar-refractivity contribution is -0.870. The summed E-state index contributed by atoms with van der Waals surface area (Å²) in [7, 11) is 1.58. The summed E-state index contributed by atoms with van der Waals surface area (Å²) in [5.41, 5.74) is 0. The van der Waals surface area contributed by atoms with Gasteiger partial charge in [-0.1, -0.05) is 331 Å². The van der Waals surface area contributed by atoms with E-state index in [0.717, 1.165) is 64.2 Å². The molecule has 0 aromatic carbocycles. The van der Waals surface area contributed by atoms with Crippen LogP contribution in [-0.4, -0.2) is 73.4 Å². The van der Waals surface area contributed by atoms with E-state index in [1.165, 1.54) is 250 Å². The Kier molecular flexibility index (Phi) is 60.4. The molecule has 0 aromatic heterocycles. The molecule has 0 rings (SSSR count). The summed E-state index contributed by atoms with van der Waals surface area (Å²) in [6, 6.07) is -0.849. The Labute approximate surface area is 498 Å². The van der Waals surface area contributed by atoms with Crippen molar-refractivity contribution in [3.8, 4) is 0 Å². The van der Waals surface area contributed by atoms with Gasteiger partial charge in [0.1, 0.15) is 13.2 Å². The zero-order chi connectivity index (χ0) is 58.4. The molecule has 0 aliphatic rings. The molecule has 80 heavy (non-hydrogen) atoms. The number of aliphatic hydroxyl groups is 1. The maximum absolute atomic E-state index is 13.1. The van der Waals surface area contributed by atoms with Gasteiger partial charge >= 0.3 is 7.82 Å². The molecule has 0 saturated heterocycles. The van der Waals surface area contributed by atoms with Crippen LogP contribution in [0.4, 0.5) is 0 Å². The molecule has 9 heteroatoms. The van der Waals surface area contributed by atoms with Crippen LogP contribution >= 0.6 is 7.82 Å². The number of allylic oxidation sites excluding steroid dienone is 9. The number of aliphatic hydroxyl groups excluding tert-OH is 1. The molecule has 0 bridgehead atoms. The fraction of sp³-hybridized carbons (Fsp3) is 0.845. The van der Waals surface area contributed by atoms with E-state index >= 15 is 0 Å². The van der Waals surface area contributed by atoms with E-state index in [9.17, 15) is 19.4 Å². The molecular formula is C71H136N2O6P+. The lowest BCUT2D eigenvalue weighted by atomic mass is 10.0. The van der Waals surface area contributed by atoms with Crippen LogP contribution in [0.1, 0.15) is 335 Å². The number of phosphoric acid groups is 1. The van der Waals surface area contributed by atoms with Crippen LogP contribution in [0.15, 0.2) is 60.8 Å². The van der Waals surface area contributed by atoms with Crippen LogP contribution in [0.2, 0.25) is 0 Å². The first-order valence-corrected chi connectivity index (χ1v) is 36.2. The zero-order valence-corrected chi connectivity index (χ0v) is 54.7. The average Bonchev–Trinajstić information content (AvgIpc) is 3.42. The van der Waals surface area contributed by atoms with Crippen molar-refractivity contribution in [3.63, 3.8) is 0 Å². The highest BCUT2D eigenvalue weighted by molar-refractivity contribution is 7.47. The number of nitrogens with zero attached hydrogens (tertiary/aromatic N) is 1. The van der Waals surface area contributed by atoms with E-state index in [-0.39, 0.29) is 19.1 Å². The molecule has 0 spiro atoms. The third-order valence-electron chi connectivity index (χ3n) is 15.7. The van der Waals surface area contributed by atoms with Crippen molar-refractivity contribution in [2.75, 3.05) is 40.9 Å². The van der Waals surface area contributed by atoms with Gasteiger partial charge in [0, 0.05) is 6.42 Å². The maximum Gasteiger partial charge on any atom is 0.472 e. The Morgan fingerprint density at radius 1 is 0.438 bits per heavy atom. The maximum atomic E-state index is 13.1. The molecule has 0 aromatic rings. The molecule has 0 aliphatic heterocycles. The van der Waals surface area contributed by atoms with Crippen molar-refractivity contribution in [3.05, 3.63) is 60.8 Å². The molecule has 0 saturated carbocycles. The summed E-state index contributed by atoms with van der Waals surface area (Å²) in [6.07, 6.45) is 85.1. The summed E-state index contributed by atoms with van der Waals surface area (Å²) >= 11 is 0. The number of rotatable bonds is 64. The van der Waals surface area contributed by atoms with E-state index in [1.54, 1.807) is 6.08 Å². The van der Waals surface area contributed by atoms with Gasteiger partial charge in [-0.3, -0.25) is 13.8 Å². The Morgan fingerprint density at radius 3 is 1.10 bits per heavy atom. The molecule has 0 radical (unpaired) electrons. The van der Waals surface area contributed by atoms with Gasteiger partial charge in [-0.25, -0.2) is 4.57 Å². The van der Waals surface area contributed by atoms with Gasteiger partial charge in [0.2, 0.25) is 5.91 Å². The van der Waals surface area contributed by atoms with Gasteiger partial charge in [-0.05, 0) is 57.8 Å². The van der Waals surface area contributed by atoms with E-state index < -0.39 is 20.0 Å². The average molecular weight is 1140 g/mol. The number of hydrogen-bond acceptors (Lipinski definition) is 5. The van der Waals surface area contributed by atoms with Gasteiger partial charge in [-0.2, -0.15) is 0 Å². The first kappa shape index (κ1) is 78.2. The molecular weight excluding hydrogens is 1010 g/mol. The lowest BCUT2D eigenvalue weighted by Gasteiger charge is -2.25. The highest BCUT2D eigenvalue weighted by Crippen LogP contribution is 2.43. The van der Waals surface area contributed by atoms with Gasteiger partial charge in [-0.15, -0.1) is 0 Å². The van der Waals surface area contributed by atoms with E-state index in [4.69, 9.17) is 9.05 Å². The number of carbonyl (C=O) groups excluding carboxylic acids is 1. The summed E-state index contributed by atoms with van der Waals surface area (Å²) in [5, 5.41) is 14.0. The number of likely N-dealkylation sites (N-methyl/N-ethyl adjacent to an activating group) is 1. The molecule has 0 fully saturated rings. The number of quaternary nitrogens is 1. The van der Waals surface area contributed by atoms with Crippen molar-refractivity contribution in [2.45, 2.75) is 347 Å². The zero-order valence-electron chi connectivity index (χ0n) is 53.8. The minimum absolute atomic E-state index is 0.0620. The second-order valence-corrected chi connectivity index (χ2v) is 26.3. The largest absolute Gasteiger partial charge is 0.472 e. The van der Waals surface area contributed by atoms with Crippen LogP contribution in [0.5, 0.6) is 0 Å². The monoisotopic (exact) mass is 1140 g/mol. The van der Waals surface area contributed by atoms with Crippen molar-refractivity contribution in [1.82, 2.24) is 5.32 Å². The smallest absolute Gasteiger partial charge is 0.387 e. The Hall–Kier alpha value is -1.80. The van der Waals surface area contributed by atoms with Crippen LogP contribution in [-0.2, 0) is 18.4 Å². The second-order valence-electron chi connectivity index (χ2n) is 24.9. The first-order chi connectivity index (χ1) is 39.0. The normalized spacial score (nSPS) is 14.0. The van der Waals surface area contributed by atoms with Gasteiger partial charge in [0.05, 0.1) is 39.9 Å². The summed E-state index contributed by atoms with van der Waals surface area (Å²) in [6.45, 7) is 4.75. The SMILES string of the molecule is CC/C=C\C/C=C\C/C=C\C/C=C\CCCCCCCCCCCCCCCCCCCCC(=O)NC(COP(=O)(O)OCC[N+](C)(C)C)C(O)/C=C/CCCCCCCCCCCCCCCCCCCCCCCCCCC. The molecule has 0 aliphatic carbocycles. The number of hydrogen-bond donors (Lipinski definition) is 3. The number of phosphoric ester groups is 1. The van der Waals surface area contributed by atoms with Gasteiger partial charge in [0.15, 0.2) is 0 Å². The van der Waals surface area contributed by atoms with Crippen LogP contribution in [0.3, 0.4) is 0 Å². The molecule has 0 heterocycles. The number of carbonyl (C=O) groups is 1. The van der Waals surface area contributed by atoms with Crippen LogP contribution in [0.25, 0.3) is 0 Å². The Morgan fingerprint density at radius 2 is 0.750 bits per heavy atom. The molecule has 3 N–H and O–H groups in total. The molecule has 3 atom stereocenters. The van der Waals surface area contributed by atoms with Crippen LogP contribution in [0, 0.1) is 0 Å². The van der Waals surface area contributed by atoms with E-state index in [0.29, 0.717) is 17.4 Å². The van der Waals surface area contributed by atoms with Gasteiger partial charge < -0.3 is 19.8 Å². The van der Waals surface area contributed by atoms with E-state index in [2.05, 4.69) is 67.8 Å². The molecule has 1 amide bonds. The van der Waals surface area contributed by atoms with Crippen molar-refractivity contribution in [1.29, 1.82) is 0 Å². The molecule has 8 nitrogen and oxygen atoms in total. The molecule has 470 valence electrons. The summed E-state index contributed by atoms with van der Waals surface area (Å²) in [5.74, 6) is -0.172. The topological polar surface area (TPSA) is 105 Å². The fourth-order valence-electron chi connectivity index (χ4n) is 10.4. The second kappa shape index (κ2) is 61.8. The fourth-order valence-corrected chi connectivity index (χ4v) is 11.1. The third kappa shape index (κ3) is 63.8. The Bertz CT molecular complexity index is 1490. The highest BCUT2D eigenvalue weighted by Gasteiger charge is 2.28. The van der Waals surface area contributed by atoms with Crippen molar-refractivity contribution in [2.24, 2.45) is 0 Å². The number of amides is 1. The number of nitrogens with one attached hydrogen (secondary N) is 1. The lowest BCUT2D eigenvalue weighted by Crippen LogP contribution is -2.45. The highest BCUT2D eigenvalue weighted by atomic mass is 31.2. The quantitative estimate of drug-likeness (QED) is 0.0243. The molecule has 3 unspecified atom stereocenters. The predicted octanol–water partition coefficient (Wildman–Crippen LogP) is 22.0. The van der Waals surface area contributed by atoms with E-state index in [1.807, 2.05) is 27.2 Å². The minimum atomic E-state index is -4.35. The van der Waals surface area contributed by atoms with Crippen LogP contribution < -0.4 is 5.32 Å². The summed E-state index contributed by atoms with van der Waals surface area (Å²) < 4.78 is 23.8. The van der Waals surface area contributed by atoms with Gasteiger partial charge in [0.25, 0.3) is 0 Å². The third-order valence-corrected chi connectivity index (χ3v) is 16.7. The number of unbranched alkanes of at least 4 members (excludes halogenated alkanes) is 43. The minimum Gasteiger partial charge on any atom is -0.387 e. The predicted molar refractivity (Wildman–Crippen MR) is 350 cm³/mol. The first-order valence-electron chi connectivity index (χ1n) is 34.7. The van der Waals surface area contributed by atoms with Crippen molar-refractivity contribution < 1.29 is 32.9 Å². The standard InChI is InChI=1S/C71H135N2O6P/c1-6-8-10-12-14-16-18-20-22-24-26-28-30-32-34-35-36-37-39-41-43-45-47-49-51-53-55-57-59-61-63-65-71(75)72-69(68-79-80(76,77)78-67-66-73(3,4)5)70(74)64-62-60-58-56-54-52-50-48-46-44-42-40-38-33-31-29-27-25-23-21-19-17-15-13-11-9-7-2/h8,10,14,16,20,22,26,28,62,64,69-70,74H,6-7,9,11-13,15,17-19,21,23-25,27,29-61,63,65-68H2,1-5H3,(H-,72,75,76,77)/p+1/b10-8-,16-14-,22-20-,28-26-,64-62+. The van der Waals surface area contributed by atoms with Crippen molar-refractivity contribution >= 4 is 13.7 Å². The Balaban J connectivity index is 4.06. The summed E-state index contributed by atoms with van der Waals surface area (Å²) in [4.78, 5) is 23.4.